The number of hydrogen-bond acceptors (Lipinski definition) is 3. The molecule has 2 rings (SSSR count). The maximum absolute atomic E-state index is 6.05. The van der Waals surface area contributed by atoms with Gasteiger partial charge in [-0.2, -0.15) is 0 Å². The van der Waals surface area contributed by atoms with Gasteiger partial charge >= 0.3 is 0 Å². The van der Waals surface area contributed by atoms with Crippen molar-refractivity contribution in [1.29, 1.82) is 0 Å². The van der Waals surface area contributed by atoms with E-state index in [0.717, 1.165) is 18.7 Å². The highest BCUT2D eigenvalue weighted by molar-refractivity contribution is 5.88. The largest absolute Gasteiger partial charge is 0.496 e. The van der Waals surface area contributed by atoms with Gasteiger partial charge in [0.25, 0.3) is 0 Å². The number of fused-ring (bicyclic) bond motifs is 1. The summed E-state index contributed by atoms with van der Waals surface area (Å²) in [6.45, 7) is 3.79. The maximum atomic E-state index is 6.05. The van der Waals surface area contributed by atoms with E-state index in [1.807, 2.05) is 6.07 Å². The quantitative estimate of drug-likeness (QED) is 0.877. The average Bonchev–Trinajstić information content (AvgIpc) is 2.48. The van der Waals surface area contributed by atoms with E-state index in [-0.39, 0.29) is 6.04 Å². The van der Waals surface area contributed by atoms with Crippen molar-refractivity contribution in [2.24, 2.45) is 5.73 Å². The van der Waals surface area contributed by atoms with Crippen molar-refractivity contribution in [3.05, 3.63) is 42.0 Å². The number of ether oxygens (including phenoxy) is 1. The zero-order valence-electron chi connectivity index (χ0n) is 12.6. The fraction of sp³-hybridized carbons (Fsp3) is 0.412. The molecule has 0 saturated carbocycles. The van der Waals surface area contributed by atoms with Crippen molar-refractivity contribution in [1.82, 2.24) is 4.90 Å². The van der Waals surface area contributed by atoms with Crippen molar-refractivity contribution in [2.75, 3.05) is 27.2 Å². The Kier molecular flexibility index (Phi) is 4.99. The predicted octanol–water partition coefficient (Wildman–Crippen LogP) is 3.19. The van der Waals surface area contributed by atoms with Gasteiger partial charge in [-0.05, 0) is 36.9 Å². The lowest BCUT2D eigenvalue weighted by atomic mass is 9.96. The highest BCUT2D eigenvalue weighted by Gasteiger charge is 2.21. The molecule has 0 spiro atoms. The smallest absolute Gasteiger partial charge is 0.124 e. The maximum Gasteiger partial charge on any atom is 0.124 e. The molecule has 2 aromatic rings. The van der Waals surface area contributed by atoms with Crippen LogP contribution in [0.3, 0.4) is 0 Å². The molecule has 0 aromatic heterocycles. The van der Waals surface area contributed by atoms with Gasteiger partial charge in [-0.3, -0.25) is 4.90 Å². The van der Waals surface area contributed by atoms with E-state index < -0.39 is 0 Å². The van der Waals surface area contributed by atoms with Gasteiger partial charge in [-0.25, -0.2) is 0 Å². The van der Waals surface area contributed by atoms with Gasteiger partial charge in [0.1, 0.15) is 5.75 Å². The summed E-state index contributed by atoms with van der Waals surface area (Å²) < 4.78 is 5.58. The zero-order chi connectivity index (χ0) is 14.5. The number of nitrogens with two attached hydrogens (primary N) is 1. The summed E-state index contributed by atoms with van der Waals surface area (Å²) in [5.41, 5.74) is 7.25. The Labute approximate surface area is 121 Å². The summed E-state index contributed by atoms with van der Waals surface area (Å²) in [4.78, 5) is 2.31. The first-order valence-electron chi connectivity index (χ1n) is 7.18. The number of nitrogens with zero attached hydrogens (tertiary/aromatic N) is 1. The van der Waals surface area contributed by atoms with Gasteiger partial charge in [-0.1, -0.05) is 37.3 Å². The van der Waals surface area contributed by atoms with Gasteiger partial charge in [0.2, 0.25) is 0 Å². The van der Waals surface area contributed by atoms with E-state index in [4.69, 9.17) is 10.5 Å². The van der Waals surface area contributed by atoms with Crippen LogP contribution in [0.25, 0.3) is 10.8 Å². The first kappa shape index (κ1) is 14.8. The summed E-state index contributed by atoms with van der Waals surface area (Å²) in [6, 6.07) is 12.7. The summed E-state index contributed by atoms with van der Waals surface area (Å²) in [5.74, 6) is 0.919. The first-order chi connectivity index (χ1) is 9.72. The summed E-state index contributed by atoms with van der Waals surface area (Å²) >= 11 is 0. The van der Waals surface area contributed by atoms with Crippen LogP contribution >= 0.6 is 0 Å². The Morgan fingerprint density at radius 3 is 2.60 bits per heavy atom. The highest BCUT2D eigenvalue weighted by Crippen LogP contribution is 2.35. The van der Waals surface area contributed by atoms with Gasteiger partial charge in [0.05, 0.1) is 13.2 Å². The standard InChI is InChI=1S/C17H24N2O/c1-4-11-19(2)15(12-18)17-14-8-6-5-7-13(14)9-10-16(17)20-3/h5-10,15H,4,11-12,18H2,1-3H3. The van der Waals surface area contributed by atoms with Crippen molar-refractivity contribution in [3.8, 4) is 5.75 Å². The minimum atomic E-state index is 0.177. The third-order valence-electron chi connectivity index (χ3n) is 3.82. The molecule has 2 aromatic carbocycles. The van der Waals surface area contributed by atoms with Crippen molar-refractivity contribution in [2.45, 2.75) is 19.4 Å². The Balaban J connectivity index is 2.59. The molecule has 0 aliphatic heterocycles. The van der Waals surface area contributed by atoms with Crippen molar-refractivity contribution in [3.63, 3.8) is 0 Å². The summed E-state index contributed by atoms with van der Waals surface area (Å²) in [5, 5.41) is 2.46. The summed E-state index contributed by atoms with van der Waals surface area (Å²) in [6.07, 6.45) is 1.11. The molecule has 0 aliphatic rings. The zero-order valence-corrected chi connectivity index (χ0v) is 12.6. The van der Waals surface area contributed by atoms with Crippen LogP contribution in [0.2, 0.25) is 0 Å². The fourth-order valence-corrected chi connectivity index (χ4v) is 2.82. The fourth-order valence-electron chi connectivity index (χ4n) is 2.82. The van der Waals surface area contributed by atoms with E-state index in [1.165, 1.54) is 16.3 Å². The van der Waals surface area contributed by atoms with E-state index in [1.54, 1.807) is 7.11 Å². The van der Waals surface area contributed by atoms with E-state index in [0.29, 0.717) is 6.54 Å². The average molecular weight is 272 g/mol. The lowest BCUT2D eigenvalue weighted by Crippen LogP contribution is -2.31. The molecule has 0 bridgehead atoms. The second-order valence-electron chi connectivity index (χ2n) is 5.13. The van der Waals surface area contributed by atoms with Crippen LogP contribution < -0.4 is 10.5 Å². The minimum absolute atomic E-state index is 0.177. The monoisotopic (exact) mass is 272 g/mol. The second kappa shape index (κ2) is 6.73. The molecule has 3 nitrogen and oxygen atoms in total. The molecule has 0 heterocycles. The number of likely N-dealkylation sites (N-methyl/N-ethyl adjacent to an activating group) is 1. The Morgan fingerprint density at radius 1 is 1.20 bits per heavy atom. The van der Waals surface area contributed by atoms with Crippen LogP contribution in [0.1, 0.15) is 24.9 Å². The topological polar surface area (TPSA) is 38.5 Å². The van der Waals surface area contributed by atoms with Crippen LogP contribution in [0.4, 0.5) is 0 Å². The summed E-state index contributed by atoms with van der Waals surface area (Å²) in [7, 11) is 3.85. The number of methoxy groups -OCH3 is 1. The van der Waals surface area contributed by atoms with Gasteiger partial charge in [0.15, 0.2) is 0 Å². The molecule has 1 atom stereocenters. The molecule has 0 saturated heterocycles. The second-order valence-corrected chi connectivity index (χ2v) is 5.13. The van der Waals surface area contributed by atoms with Gasteiger partial charge < -0.3 is 10.5 Å². The molecule has 0 aliphatic carbocycles. The third-order valence-corrected chi connectivity index (χ3v) is 3.82. The molecular weight excluding hydrogens is 248 g/mol. The lowest BCUT2D eigenvalue weighted by Gasteiger charge is -2.29. The van der Waals surface area contributed by atoms with Gasteiger partial charge in [-0.15, -0.1) is 0 Å². The van der Waals surface area contributed by atoms with Crippen LogP contribution in [-0.2, 0) is 0 Å². The van der Waals surface area contributed by atoms with E-state index >= 15 is 0 Å². The molecule has 3 heteroatoms. The highest BCUT2D eigenvalue weighted by atomic mass is 16.5. The Hall–Kier alpha value is -1.58. The van der Waals surface area contributed by atoms with Crippen molar-refractivity contribution >= 4 is 10.8 Å². The Morgan fingerprint density at radius 2 is 1.95 bits per heavy atom. The van der Waals surface area contributed by atoms with Gasteiger partial charge in [0, 0.05) is 12.1 Å². The predicted molar refractivity (Wildman–Crippen MR) is 85.2 cm³/mol. The Bertz CT molecular complexity index is 568. The molecule has 108 valence electrons. The molecule has 0 radical (unpaired) electrons. The van der Waals surface area contributed by atoms with Crippen molar-refractivity contribution < 1.29 is 4.74 Å². The van der Waals surface area contributed by atoms with Crippen LogP contribution in [0.15, 0.2) is 36.4 Å². The van der Waals surface area contributed by atoms with Crippen LogP contribution in [-0.4, -0.2) is 32.1 Å². The number of benzene rings is 2. The SMILES string of the molecule is CCCN(C)C(CN)c1c(OC)ccc2ccccc12. The minimum Gasteiger partial charge on any atom is -0.496 e. The molecule has 2 N–H and O–H groups in total. The molecule has 0 fully saturated rings. The first-order valence-corrected chi connectivity index (χ1v) is 7.18. The molecule has 1 unspecified atom stereocenters. The lowest BCUT2D eigenvalue weighted by molar-refractivity contribution is 0.246. The third kappa shape index (κ3) is 2.79. The van der Waals surface area contributed by atoms with E-state index in [2.05, 4.69) is 49.2 Å². The molecular formula is C17H24N2O. The molecule has 20 heavy (non-hydrogen) atoms. The van der Waals surface area contributed by atoms with E-state index in [9.17, 15) is 0 Å². The normalized spacial score (nSPS) is 12.8. The molecule has 0 amide bonds. The number of rotatable bonds is 6. The van der Waals surface area contributed by atoms with Crippen LogP contribution in [0.5, 0.6) is 5.75 Å². The van der Waals surface area contributed by atoms with Crippen LogP contribution in [0, 0.1) is 0 Å². The number of hydrogen-bond donors (Lipinski definition) is 1.